The number of unbranched alkanes of at least 4 members (excludes halogenated alkanes) is 1. The lowest BCUT2D eigenvalue weighted by molar-refractivity contribution is 0.0753. The summed E-state index contributed by atoms with van der Waals surface area (Å²) in [5.74, 6) is 0.0811. The number of aryl methyl sites for hydroxylation is 2. The number of rotatable bonds is 7. The van der Waals surface area contributed by atoms with E-state index >= 15 is 0 Å². The van der Waals surface area contributed by atoms with Gasteiger partial charge in [-0.2, -0.15) is 5.10 Å². The van der Waals surface area contributed by atoms with Gasteiger partial charge in [0.2, 0.25) is 0 Å². The summed E-state index contributed by atoms with van der Waals surface area (Å²) < 4.78 is 1.69. The van der Waals surface area contributed by atoms with Crippen LogP contribution in [-0.4, -0.2) is 39.0 Å². The third-order valence-electron chi connectivity index (χ3n) is 2.94. The maximum atomic E-state index is 12.4. The SMILES string of the molecule is CCCCN(CCBr)C(=O)c1cc(CC)nn1C. The molecule has 1 amide bonds. The Bertz CT molecular complexity index is 390. The second-order valence-corrected chi connectivity index (χ2v) is 5.13. The van der Waals surface area contributed by atoms with Crippen molar-refractivity contribution in [2.75, 3.05) is 18.4 Å². The second-order valence-electron chi connectivity index (χ2n) is 4.33. The van der Waals surface area contributed by atoms with E-state index < -0.39 is 0 Å². The smallest absolute Gasteiger partial charge is 0.272 e. The largest absolute Gasteiger partial charge is 0.336 e. The number of carbonyl (C=O) groups excluding carboxylic acids is 1. The van der Waals surface area contributed by atoms with Crippen molar-refractivity contribution in [1.29, 1.82) is 0 Å². The van der Waals surface area contributed by atoms with E-state index in [2.05, 4.69) is 28.0 Å². The van der Waals surface area contributed by atoms with Gasteiger partial charge in [0.05, 0.1) is 5.69 Å². The van der Waals surface area contributed by atoms with Gasteiger partial charge in [0.15, 0.2) is 0 Å². The van der Waals surface area contributed by atoms with Gasteiger partial charge in [0.25, 0.3) is 5.91 Å². The molecule has 18 heavy (non-hydrogen) atoms. The number of amides is 1. The van der Waals surface area contributed by atoms with E-state index in [0.29, 0.717) is 5.69 Å². The lowest BCUT2D eigenvalue weighted by Gasteiger charge is -2.21. The van der Waals surface area contributed by atoms with Gasteiger partial charge >= 0.3 is 0 Å². The average Bonchev–Trinajstić information content (AvgIpc) is 2.75. The predicted molar refractivity (Wildman–Crippen MR) is 77.2 cm³/mol. The van der Waals surface area contributed by atoms with Gasteiger partial charge in [-0.15, -0.1) is 0 Å². The van der Waals surface area contributed by atoms with Crippen LogP contribution in [0.15, 0.2) is 6.07 Å². The molecule has 1 rings (SSSR count). The van der Waals surface area contributed by atoms with Gasteiger partial charge in [-0.25, -0.2) is 0 Å². The number of alkyl halides is 1. The van der Waals surface area contributed by atoms with Crippen LogP contribution in [0.4, 0.5) is 0 Å². The number of aromatic nitrogens is 2. The molecule has 0 radical (unpaired) electrons. The Morgan fingerprint density at radius 2 is 2.17 bits per heavy atom. The van der Waals surface area contributed by atoms with Gasteiger partial charge in [0, 0.05) is 25.5 Å². The standard InChI is InChI=1S/C13H22BrN3O/c1-4-6-8-17(9-7-14)13(18)12-10-11(5-2)15-16(12)3/h10H,4-9H2,1-3H3. The molecule has 0 saturated heterocycles. The highest BCUT2D eigenvalue weighted by Gasteiger charge is 2.19. The molecular weight excluding hydrogens is 294 g/mol. The van der Waals surface area contributed by atoms with E-state index in [1.54, 1.807) is 4.68 Å². The Hall–Kier alpha value is -0.840. The molecule has 0 aliphatic rings. The summed E-state index contributed by atoms with van der Waals surface area (Å²) in [6.07, 6.45) is 2.99. The molecule has 0 aliphatic heterocycles. The topological polar surface area (TPSA) is 38.1 Å². The zero-order valence-corrected chi connectivity index (χ0v) is 13.0. The molecule has 0 saturated carbocycles. The predicted octanol–water partition coefficient (Wildman–Crippen LogP) is 2.62. The van der Waals surface area contributed by atoms with Crippen LogP contribution in [0.5, 0.6) is 0 Å². The lowest BCUT2D eigenvalue weighted by Crippen LogP contribution is -2.34. The molecule has 4 nitrogen and oxygen atoms in total. The molecule has 0 unspecified atom stereocenters. The fraction of sp³-hybridized carbons (Fsp3) is 0.692. The molecule has 0 fully saturated rings. The third-order valence-corrected chi connectivity index (χ3v) is 3.29. The van der Waals surface area contributed by atoms with Crippen molar-refractivity contribution in [3.8, 4) is 0 Å². The van der Waals surface area contributed by atoms with Crippen LogP contribution < -0.4 is 0 Å². The van der Waals surface area contributed by atoms with Gasteiger partial charge in [-0.3, -0.25) is 9.48 Å². The van der Waals surface area contributed by atoms with Crippen molar-refractivity contribution < 1.29 is 4.79 Å². The summed E-state index contributed by atoms with van der Waals surface area (Å²) in [6.45, 7) is 5.74. The van der Waals surface area contributed by atoms with Crippen molar-refractivity contribution in [2.45, 2.75) is 33.1 Å². The van der Waals surface area contributed by atoms with E-state index in [9.17, 15) is 4.79 Å². The maximum absolute atomic E-state index is 12.4. The normalized spacial score (nSPS) is 10.7. The molecule has 0 bridgehead atoms. The Kier molecular flexibility index (Phi) is 6.39. The summed E-state index contributed by atoms with van der Waals surface area (Å²) in [5, 5.41) is 5.14. The van der Waals surface area contributed by atoms with Crippen molar-refractivity contribution in [3.05, 3.63) is 17.5 Å². The summed E-state index contributed by atoms with van der Waals surface area (Å²) in [6, 6.07) is 1.90. The molecule has 0 aromatic carbocycles. The number of halogens is 1. The van der Waals surface area contributed by atoms with Crippen molar-refractivity contribution in [2.24, 2.45) is 7.05 Å². The van der Waals surface area contributed by atoms with Gasteiger partial charge in [-0.1, -0.05) is 36.2 Å². The van der Waals surface area contributed by atoms with Gasteiger partial charge < -0.3 is 4.90 Å². The Labute approximate surface area is 117 Å². The first-order valence-electron chi connectivity index (χ1n) is 6.52. The van der Waals surface area contributed by atoms with E-state index in [1.807, 2.05) is 24.9 Å². The summed E-state index contributed by atoms with van der Waals surface area (Å²) in [4.78, 5) is 14.3. The fourth-order valence-electron chi connectivity index (χ4n) is 1.83. The summed E-state index contributed by atoms with van der Waals surface area (Å²) in [5.41, 5.74) is 1.65. The number of hydrogen-bond acceptors (Lipinski definition) is 2. The zero-order valence-electron chi connectivity index (χ0n) is 11.4. The first-order valence-corrected chi connectivity index (χ1v) is 7.64. The monoisotopic (exact) mass is 315 g/mol. The van der Waals surface area contributed by atoms with E-state index in [4.69, 9.17) is 0 Å². The first-order chi connectivity index (χ1) is 8.63. The Morgan fingerprint density at radius 3 is 2.67 bits per heavy atom. The summed E-state index contributed by atoms with van der Waals surface area (Å²) >= 11 is 3.40. The van der Waals surface area contributed by atoms with E-state index in [0.717, 1.165) is 43.4 Å². The molecule has 1 heterocycles. The molecule has 0 N–H and O–H groups in total. The molecule has 0 atom stereocenters. The quantitative estimate of drug-likeness (QED) is 0.725. The minimum Gasteiger partial charge on any atom is -0.336 e. The fourth-order valence-corrected chi connectivity index (χ4v) is 2.26. The van der Waals surface area contributed by atoms with Gasteiger partial charge in [0.1, 0.15) is 5.69 Å². The van der Waals surface area contributed by atoms with Crippen molar-refractivity contribution >= 4 is 21.8 Å². The van der Waals surface area contributed by atoms with Crippen LogP contribution in [0, 0.1) is 0 Å². The molecule has 1 aromatic heterocycles. The number of carbonyl (C=O) groups is 1. The van der Waals surface area contributed by atoms with Crippen LogP contribution in [0.25, 0.3) is 0 Å². The average molecular weight is 316 g/mol. The highest BCUT2D eigenvalue weighted by atomic mass is 79.9. The highest BCUT2D eigenvalue weighted by molar-refractivity contribution is 9.09. The van der Waals surface area contributed by atoms with Crippen LogP contribution in [0.3, 0.4) is 0 Å². The van der Waals surface area contributed by atoms with E-state index in [-0.39, 0.29) is 5.91 Å². The number of nitrogens with zero attached hydrogens (tertiary/aromatic N) is 3. The highest BCUT2D eigenvalue weighted by Crippen LogP contribution is 2.09. The minimum atomic E-state index is 0.0811. The first kappa shape index (κ1) is 15.2. The molecule has 1 aromatic rings. The zero-order chi connectivity index (χ0) is 13.5. The van der Waals surface area contributed by atoms with Crippen LogP contribution in [0.2, 0.25) is 0 Å². The summed E-state index contributed by atoms with van der Waals surface area (Å²) in [7, 11) is 1.83. The van der Waals surface area contributed by atoms with Crippen molar-refractivity contribution in [1.82, 2.24) is 14.7 Å². The lowest BCUT2D eigenvalue weighted by atomic mass is 10.2. The Balaban J connectivity index is 2.83. The van der Waals surface area contributed by atoms with Crippen molar-refractivity contribution in [3.63, 3.8) is 0 Å². The van der Waals surface area contributed by atoms with Gasteiger partial charge in [-0.05, 0) is 18.9 Å². The van der Waals surface area contributed by atoms with Crippen LogP contribution in [-0.2, 0) is 13.5 Å². The molecule has 0 spiro atoms. The van der Waals surface area contributed by atoms with Crippen LogP contribution >= 0.6 is 15.9 Å². The maximum Gasteiger partial charge on any atom is 0.272 e. The number of hydrogen-bond donors (Lipinski definition) is 0. The molecular formula is C13H22BrN3O. The third kappa shape index (κ3) is 3.83. The minimum absolute atomic E-state index is 0.0811. The Morgan fingerprint density at radius 1 is 1.44 bits per heavy atom. The molecule has 0 aliphatic carbocycles. The second kappa shape index (κ2) is 7.56. The van der Waals surface area contributed by atoms with Crippen LogP contribution in [0.1, 0.15) is 42.9 Å². The molecule has 102 valence electrons. The molecule has 5 heteroatoms. The van der Waals surface area contributed by atoms with E-state index in [1.165, 1.54) is 0 Å².